The molecular weight excluding hydrogens is 567 g/mol. The summed E-state index contributed by atoms with van der Waals surface area (Å²) in [5.74, 6) is 0.286. The summed E-state index contributed by atoms with van der Waals surface area (Å²) < 4.78 is 0. The quantitative estimate of drug-likeness (QED) is 0.200. The van der Waals surface area contributed by atoms with Crippen LogP contribution in [0.2, 0.25) is 0 Å². The Morgan fingerprint density at radius 2 is 1.19 bits per heavy atom. The van der Waals surface area contributed by atoms with Gasteiger partial charge < -0.3 is 9.88 Å². The van der Waals surface area contributed by atoms with Crippen molar-refractivity contribution in [1.29, 1.82) is 0 Å². The predicted octanol–water partition coefficient (Wildman–Crippen LogP) is 9.51. The first-order valence-corrected chi connectivity index (χ1v) is 16.6. The second kappa shape index (κ2) is 10.4. The maximum Gasteiger partial charge on any atom is 0.193 e. The molecule has 220 valence electrons. The number of para-hydroxylation sites is 4. The van der Waals surface area contributed by atoms with E-state index in [4.69, 9.17) is 0 Å². The molecule has 2 heterocycles. The van der Waals surface area contributed by atoms with E-state index in [1.807, 2.05) is 0 Å². The number of hydrogen-bond acceptors (Lipinski definition) is 1. The number of anilines is 3. The van der Waals surface area contributed by atoms with E-state index < -0.39 is 0 Å². The van der Waals surface area contributed by atoms with Gasteiger partial charge in [0.1, 0.15) is 0 Å². The van der Waals surface area contributed by atoms with E-state index in [2.05, 4.69) is 168 Å². The van der Waals surface area contributed by atoms with Crippen LogP contribution in [0.4, 0.5) is 17.1 Å². The molecule has 0 saturated heterocycles. The average molecular weight is 599 g/mol. The van der Waals surface area contributed by atoms with E-state index >= 15 is 0 Å². The molecular formula is C44H31BN2. The highest BCUT2D eigenvalue weighted by atomic mass is 15.1. The van der Waals surface area contributed by atoms with Gasteiger partial charge in [0.25, 0.3) is 0 Å². The molecule has 0 amide bonds. The minimum absolute atomic E-state index is 0.286. The summed E-state index contributed by atoms with van der Waals surface area (Å²) >= 11 is 0. The lowest BCUT2D eigenvalue weighted by Gasteiger charge is -2.37. The molecule has 2 nitrogen and oxygen atoms in total. The van der Waals surface area contributed by atoms with E-state index in [1.54, 1.807) is 0 Å². The Labute approximate surface area is 275 Å². The first kappa shape index (κ1) is 26.4. The highest BCUT2D eigenvalue weighted by Gasteiger charge is 2.35. The number of benzene rings is 7. The molecule has 0 radical (unpaired) electrons. The first-order valence-electron chi connectivity index (χ1n) is 16.6. The van der Waals surface area contributed by atoms with Crippen molar-refractivity contribution in [2.45, 2.75) is 12.3 Å². The average Bonchev–Trinajstić information content (AvgIpc) is 3.52. The summed E-state index contributed by atoms with van der Waals surface area (Å²) in [5.41, 5.74) is 18.5. The van der Waals surface area contributed by atoms with Gasteiger partial charge in [0.2, 0.25) is 0 Å². The lowest BCUT2D eigenvalue weighted by atomic mass is 9.50. The molecule has 3 heteroatoms. The number of H-pyrrole nitrogens is 1. The fourth-order valence-electron chi connectivity index (χ4n) is 8.41. The summed E-state index contributed by atoms with van der Waals surface area (Å²) in [5, 5.41) is 2.54. The fraction of sp³-hybridized carbons (Fsp3) is 0.0455. The SMILES string of the molecule is B1c2cccc3c2C(Cc2ccccc2-3)c2cc(N(c3ccccc3)c3ccccc3)cc(-c3cccc4c3[nH]c3ccccc34)c21. The van der Waals surface area contributed by atoms with Crippen LogP contribution in [0.25, 0.3) is 44.1 Å². The fourth-order valence-corrected chi connectivity index (χ4v) is 8.41. The first-order chi connectivity index (χ1) is 23.3. The topological polar surface area (TPSA) is 19.0 Å². The number of hydrogen-bond donors (Lipinski definition) is 1. The summed E-state index contributed by atoms with van der Waals surface area (Å²) in [7, 11) is 0.917. The normalized spacial score (nSPS) is 14.3. The lowest BCUT2D eigenvalue weighted by molar-refractivity contribution is 0.800. The highest BCUT2D eigenvalue weighted by molar-refractivity contribution is 6.70. The number of fused-ring (bicyclic) bond motifs is 7. The van der Waals surface area contributed by atoms with Crippen LogP contribution in [-0.2, 0) is 6.42 Å². The Balaban J connectivity index is 1.29. The van der Waals surface area contributed by atoms with Gasteiger partial charge in [-0.25, -0.2) is 0 Å². The largest absolute Gasteiger partial charge is 0.354 e. The van der Waals surface area contributed by atoms with Crippen LogP contribution in [0, 0.1) is 0 Å². The third kappa shape index (κ3) is 4.06. The third-order valence-electron chi connectivity index (χ3n) is 10.4. The van der Waals surface area contributed by atoms with Crippen LogP contribution >= 0.6 is 0 Å². The molecule has 8 aromatic rings. The summed E-state index contributed by atoms with van der Waals surface area (Å²) in [6, 6.07) is 58.0. The van der Waals surface area contributed by atoms with Crippen molar-refractivity contribution in [3.63, 3.8) is 0 Å². The molecule has 1 aliphatic heterocycles. The maximum atomic E-state index is 3.83. The molecule has 47 heavy (non-hydrogen) atoms. The standard InChI is InChI=1S/C44H31BN2/c1-3-14-29(15-4-1)47(30-16-5-2-6-17-30)31-26-38(36-22-11-21-35-33-19-9-10-24-41(33)46-44(35)36)43-39(27-31)37-25-28-13-7-8-18-32(28)34-20-12-23-40(45-43)42(34)37/h1-24,26-27,37,45-46H,25H2. The van der Waals surface area contributed by atoms with Crippen molar-refractivity contribution in [3.05, 3.63) is 174 Å². The van der Waals surface area contributed by atoms with Gasteiger partial charge in [-0.1, -0.05) is 126 Å². The molecule has 1 atom stereocenters. The number of nitrogens with one attached hydrogen (secondary N) is 1. The molecule has 10 rings (SSSR count). The van der Waals surface area contributed by atoms with Crippen molar-refractivity contribution in [2.75, 3.05) is 4.90 Å². The molecule has 1 N–H and O–H groups in total. The molecule has 0 spiro atoms. The van der Waals surface area contributed by atoms with Crippen LogP contribution in [-0.4, -0.2) is 12.3 Å². The van der Waals surface area contributed by atoms with Gasteiger partial charge >= 0.3 is 0 Å². The summed E-state index contributed by atoms with van der Waals surface area (Å²) in [6.07, 6.45) is 1.00. The molecule has 1 unspecified atom stereocenters. The molecule has 2 aliphatic rings. The van der Waals surface area contributed by atoms with Gasteiger partial charge in [-0.15, -0.1) is 0 Å². The van der Waals surface area contributed by atoms with Crippen LogP contribution in [0.1, 0.15) is 22.6 Å². The van der Waals surface area contributed by atoms with Crippen molar-refractivity contribution in [3.8, 4) is 22.3 Å². The van der Waals surface area contributed by atoms with Crippen LogP contribution in [0.5, 0.6) is 0 Å². The van der Waals surface area contributed by atoms with Crippen molar-refractivity contribution in [2.24, 2.45) is 0 Å². The molecule has 7 aromatic carbocycles. The predicted molar refractivity (Wildman–Crippen MR) is 200 cm³/mol. The zero-order valence-electron chi connectivity index (χ0n) is 25.9. The second-order valence-corrected chi connectivity index (χ2v) is 12.9. The minimum atomic E-state index is 0.286. The monoisotopic (exact) mass is 598 g/mol. The Morgan fingerprint density at radius 3 is 2.02 bits per heavy atom. The number of nitrogens with zero attached hydrogens (tertiary/aromatic N) is 1. The van der Waals surface area contributed by atoms with Gasteiger partial charge in [-0.05, 0) is 82.3 Å². The Kier molecular flexibility index (Phi) is 5.83. The zero-order valence-corrected chi connectivity index (χ0v) is 25.9. The number of aromatic amines is 1. The Morgan fingerprint density at radius 1 is 0.532 bits per heavy atom. The van der Waals surface area contributed by atoms with Gasteiger partial charge in [0.05, 0.1) is 5.52 Å². The van der Waals surface area contributed by atoms with Crippen molar-refractivity contribution in [1.82, 2.24) is 4.98 Å². The van der Waals surface area contributed by atoms with Crippen molar-refractivity contribution < 1.29 is 0 Å². The minimum Gasteiger partial charge on any atom is -0.354 e. The number of rotatable bonds is 4. The molecule has 1 aliphatic carbocycles. The van der Waals surface area contributed by atoms with Gasteiger partial charge in [-0.2, -0.15) is 0 Å². The van der Waals surface area contributed by atoms with Crippen LogP contribution < -0.4 is 15.8 Å². The van der Waals surface area contributed by atoms with Gasteiger partial charge in [-0.3, -0.25) is 0 Å². The number of aromatic nitrogens is 1. The molecule has 0 fully saturated rings. The molecule has 0 bridgehead atoms. The van der Waals surface area contributed by atoms with E-state index in [-0.39, 0.29) is 5.92 Å². The van der Waals surface area contributed by atoms with E-state index in [0.717, 1.165) is 25.1 Å². The van der Waals surface area contributed by atoms with Crippen molar-refractivity contribution >= 4 is 57.1 Å². The van der Waals surface area contributed by atoms with Gasteiger partial charge in [0.15, 0.2) is 7.28 Å². The summed E-state index contributed by atoms with van der Waals surface area (Å²) in [4.78, 5) is 6.25. The maximum absolute atomic E-state index is 3.83. The van der Waals surface area contributed by atoms with E-state index in [0.29, 0.717) is 0 Å². The third-order valence-corrected chi connectivity index (χ3v) is 10.4. The smallest absolute Gasteiger partial charge is 0.193 e. The lowest BCUT2D eigenvalue weighted by Crippen LogP contribution is -2.42. The Hall–Kier alpha value is -5.80. The van der Waals surface area contributed by atoms with Crippen LogP contribution in [0.3, 0.4) is 0 Å². The second-order valence-electron chi connectivity index (χ2n) is 12.9. The van der Waals surface area contributed by atoms with Gasteiger partial charge in [0, 0.05) is 44.8 Å². The molecule has 1 aromatic heterocycles. The summed E-state index contributed by atoms with van der Waals surface area (Å²) in [6.45, 7) is 0. The van der Waals surface area contributed by atoms with Crippen LogP contribution in [0.15, 0.2) is 158 Å². The van der Waals surface area contributed by atoms with E-state index in [9.17, 15) is 0 Å². The Bertz CT molecular complexity index is 2440. The highest BCUT2D eigenvalue weighted by Crippen LogP contribution is 2.46. The zero-order chi connectivity index (χ0) is 30.9. The molecule has 0 saturated carbocycles. The van der Waals surface area contributed by atoms with E-state index in [1.165, 1.54) is 77.4 Å².